The summed E-state index contributed by atoms with van der Waals surface area (Å²) in [6, 6.07) is 0. The number of hydrogen-bond donors (Lipinski definition) is 0. The molecule has 1 fully saturated rings. The molecule has 0 saturated heterocycles. The SMILES string of the molecule is CC1CCC[C](Br)C1. The van der Waals surface area contributed by atoms with E-state index in [1.54, 1.807) is 0 Å². The van der Waals surface area contributed by atoms with E-state index in [0.717, 1.165) is 5.92 Å². The summed E-state index contributed by atoms with van der Waals surface area (Å²) in [7, 11) is 0. The lowest BCUT2D eigenvalue weighted by atomic mass is 9.91. The number of halogens is 1. The van der Waals surface area contributed by atoms with Crippen molar-refractivity contribution in [3.8, 4) is 0 Å². The molecule has 1 atom stereocenters. The van der Waals surface area contributed by atoms with Gasteiger partial charge in [0.1, 0.15) is 0 Å². The van der Waals surface area contributed by atoms with E-state index < -0.39 is 0 Å². The van der Waals surface area contributed by atoms with E-state index in [4.69, 9.17) is 0 Å². The van der Waals surface area contributed by atoms with E-state index in [0.29, 0.717) is 0 Å². The maximum Gasteiger partial charge on any atom is 0.0413 e. The molecule has 0 bridgehead atoms. The highest BCUT2D eigenvalue weighted by Crippen LogP contribution is 2.33. The molecule has 1 saturated carbocycles. The fraction of sp³-hybridized carbons (Fsp3) is 0.857. The predicted octanol–water partition coefficient (Wildman–Crippen LogP) is 3.12. The van der Waals surface area contributed by atoms with Gasteiger partial charge in [0, 0.05) is 4.83 Å². The second-order valence-electron chi connectivity index (χ2n) is 2.72. The predicted molar refractivity (Wildman–Crippen MR) is 39.8 cm³/mol. The Balaban J connectivity index is 2.23. The van der Waals surface area contributed by atoms with E-state index in [9.17, 15) is 0 Å². The highest BCUT2D eigenvalue weighted by atomic mass is 79.9. The Morgan fingerprint density at radius 3 is 2.75 bits per heavy atom. The van der Waals surface area contributed by atoms with Gasteiger partial charge in [-0.1, -0.05) is 35.7 Å². The van der Waals surface area contributed by atoms with Crippen LogP contribution >= 0.6 is 15.9 Å². The molecule has 1 aliphatic carbocycles. The molecule has 0 amide bonds. The Morgan fingerprint density at radius 2 is 2.38 bits per heavy atom. The Hall–Kier alpha value is 0.480. The molecular weight excluding hydrogens is 164 g/mol. The normalized spacial score (nSPS) is 33.0. The van der Waals surface area contributed by atoms with Gasteiger partial charge in [-0.05, 0) is 18.8 Å². The first-order chi connectivity index (χ1) is 3.79. The molecule has 0 aromatic rings. The van der Waals surface area contributed by atoms with Gasteiger partial charge >= 0.3 is 0 Å². The number of rotatable bonds is 0. The molecule has 8 heavy (non-hydrogen) atoms. The maximum atomic E-state index is 3.55. The lowest BCUT2D eigenvalue weighted by molar-refractivity contribution is 0.441. The van der Waals surface area contributed by atoms with Crippen molar-refractivity contribution < 1.29 is 0 Å². The summed E-state index contributed by atoms with van der Waals surface area (Å²) in [6.07, 6.45) is 5.43. The minimum atomic E-state index is 0.929. The van der Waals surface area contributed by atoms with Crippen molar-refractivity contribution in [2.75, 3.05) is 0 Å². The molecule has 0 spiro atoms. The minimum absolute atomic E-state index is 0.929. The Morgan fingerprint density at radius 1 is 1.62 bits per heavy atom. The zero-order valence-electron chi connectivity index (χ0n) is 5.28. The van der Waals surface area contributed by atoms with Gasteiger partial charge in [0.15, 0.2) is 0 Å². The molecule has 47 valence electrons. The van der Waals surface area contributed by atoms with E-state index in [2.05, 4.69) is 22.9 Å². The van der Waals surface area contributed by atoms with Crippen molar-refractivity contribution in [1.82, 2.24) is 0 Å². The fourth-order valence-corrected chi connectivity index (χ4v) is 2.06. The molecule has 0 heterocycles. The second-order valence-corrected chi connectivity index (χ2v) is 3.84. The van der Waals surface area contributed by atoms with Gasteiger partial charge in [0.05, 0.1) is 0 Å². The molecule has 0 aromatic heterocycles. The molecule has 1 rings (SSSR count). The highest BCUT2D eigenvalue weighted by molar-refractivity contribution is 9.11. The third-order valence-corrected chi connectivity index (χ3v) is 2.44. The minimum Gasteiger partial charge on any atom is -0.0838 e. The Labute approximate surface area is 59.8 Å². The topological polar surface area (TPSA) is 0 Å². The van der Waals surface area contributed by atoms with Gasteiger partial charge < -0.3 is 0 Å². The standard InChI is InChI=1S/C7H12Br/c1-6-3-2-4-7(8)5-6/h6H,2-5H2,1H3. The van der Waals surface area contributed by atoms with Crippen molar-refractivity contribution in [3.63, 3.8) is 0 Å². The average Bonchev–Trinajstić information content (AvgIpc) is 1.64. The summed E-state index contributed by atoms with van der Waals surface area (Å²) < 4.78 is 0. The zero-order chi connectivity index (χ0) is 5.98. The van der Waals surface area contributed by atoms with Gasteiger partial charge in [-0.15, -0.1) is 0 Å². The van der Waals surface area contributed by atoms with Crippen molar-refractivity contribution in [3.05, 3.63) is 4.83 Å². The number of hydrogen-bond acceptors (Lipinski definition) is 0. The van der Waals surface area contributed by atoms with Crippen LogP contribution in [0.25, 0.3) is 0 Å². The summed E-state index contributed by atoms with van der Waals surface area (Å²) in [6.45, 7) is 2.32. The lowest BCUT2D eigenvalue weighted by Crippen LogP contribution is -2.05. The third kappa shape index (κ3) is 1.77. The first-order valence-corrected chi connectivity index (χ1v) is 4.08. The Bertz CT molecular complexity index is 62.8. The second kappa shape index (κ2) is 2.86. The summed E-state index contributed by atoms with van der Waals surface area (Å²) >= 11 is 3.55. The van der Waals surface area contributed by atoms with Crippen molar-refractivity contribution in [1.29, 1.82) is 0 Å². The van der Waals surface area contributed by atoms with Crippen LogP contribution < -0.4 is 0 Å². The monoisotopic (exact) mass is 175 g/mol. The summed E-state index contributed by atoms with van der Waals surface area (Å²) in [5, 5.41) is 0. The van der Waals surface area contributed by atoms with E-state index in [-0.39, 0.29) is 0 Å². The van der Waals surface area contributed by atoms with Crippen LogP contribution in [0.3, 0.4) is 0 Å². The van der Waals surface area contributed by atoms with Crippen LogP contribution in [-0.2, 0) is 0 Å². The smallest absolute Gasteiger partial charge is 0.0413 e. The van der Waals surface area contributed by atoms with Crippen molar-refractivity contribution in [2.45, 2.75) is 32.6 Å². The average molecular weight is 176 g/mol. The van der Waals surface area contributed by atoms with Gasteiger partial charge in [-0.3, -0.25) is 0 Å². The van der Waals surface area contributed by atoms with Crippen molar-refractivity contribution >= 4 is 15.9 Å². The summed E-state index contributed by atoms with van der Waals surface area (Å²) in [4.78, 5) is 1.52. The van der Waals surface area contributed by atoms with Crippen LogP contribution in [0.5, 0.6) is 0 Å². The molecule has 1 aliphatic rings. The quantitative estimate of drug-likeness (QED) is 0.531. The first kappa shape index (κ1) is 6.60. The summed E-state index contributed by atoms with van der Waals surface area (Å²) in [5.41, 5.74) is 0. The van der Waals surface area contributed by atoms with Crippen LogP contribution in [-0.4, -0.2) is 0 Å². The molecule has 0 N–H and O–H groups in total. The first-order valence-electron chi connectivity index (χ1n) is 3.29. The summed E-state index contributed by atoms with van der Waals surface area (Å²) in [5.74, 6) is 0.929. The van der Waals surface area contributed by atoms with Crippen LogP contribution in [0.15, 0.2) is 0 Å². The molecule has 0 aromatic carbocycles. The Kier molecular flexibility index (Phi) is 2.36. The lowest BCUT2D eigenvalue weighted by Gasteiger charge is -2.20. The fourth-order valence-electron chi connectivity index (χ4n) is 1.22. The molecule has 1 unspecified atom stereocenters. The van der Waals surface area contributed by atoms with Crippen LogP contribution in [0.2, 0.25) is 0 Å². The third-order valence-electron chi connectivity index (χ3n) is 1.71. The zero-order valence-corrected chi connectivity index (χ0v) is 6.87. The van der Waals surface area contributed by atoms with Crippen molar-refractivity contribution in [2.24, 2.45) is 5.92 Å². The van der Waals surface area contributed by atoms with Gasteiger partial charge in [-0.25, -0.2) is 0 Å². The van der Waals surface area contributed by atoms with Crippen LogP contribution in [0.4, 0.5) is 0 Å². The molecular formula is C7H12Br. The molecule has 0 nitrogen and oxygen atoms in total. The van der Waals surface area contributed by atoms with Gasteiger partial charge in [0.2, 0.25) is 0 Å². The van der Waals surface area contributed by atoms with E-state index >= 15 is 0 Å². The molecule has 0 aliphatic heterocycles. The van der Waals surface area contributed by atoms with E-state index in [1.807, 2.05) is 0 Å². The maximum absolute atomic E-state index is 3.55. The van der Waals surface area contributed by atoms with Gasteiger partial charge in [-0.2, -0.15) is 0 Å². The van der Waals surface area contributed by atoms with Crippen LogP contribution in [0, 0.1) is 10.7 Å². The molecule has 1 radical (unpaired) electrons. The highest BCUT2D eigenvalue weighted by Gasteiger charge is 2.15. The van der Waals surface area contributed by atoms with E-state index in [1.165, 1.54) is 30.5 Å². The largest absolute Gasteiger partial charge is 0.0838 e. The molecule has 1 heteroatoms. The van der Waals surface area contributed by atoms with Crippen LogP contribution in [0.1, 0.15) is 32.6 Å². The van der Waals surface area contributed by atoms with Gasteiger partial charge in [0.25, 0.3) is 0 Å².